The summed E-state index contributed by atoms with van der Waals surface area (Å²) in [5.74, 6) is 0.946. The Morgan fingerprint density at radius 1 is 1.53 bits per heavy atom. The van der Waals surface area contributed by atoms with Crippen molar-refractivity contribution in [2.45, 2.75) is 39.3 Å². The second-order valence-electron chi connectivity index (χ2n) is 4.27. The molecule has 0 aromatic carbocycles. The molecular formula is C11H20N4OS. The van der Waals surface area contributed by atoms with Gasteiger partial charge in [0.15, 0.2) is 4.77 Å². The van der Waals surface area contributed by atoms with Crippen molar-refractivity contribution in [2.24, 2.45) is 0 Å². The van der Waals surface area contributed by atoms with Gasteiger partial charge in [-0.3, -0.25) is 4.57 Å². The van der Waals surface area contributed by atoms with Gasteiger partial charge in [0, 0.05) is 26.2 Å². The lowest BCUT2D eigenvalue weighted by molar-refractivity contribution is 0.0663. The smallest absolute Gasteiger partial charge is 0.225 e. The quantitative estimate of drug-likeness (QED) is 0.840. The molecule has 0 aliphatic carbocycles. The first-order valence-corrected chi connectivity index (χ1v) is 6.68. The third kappa shape index (κ3) is 2.69. The highest BCUT2D eigenvalue weighted by molar-refractivity contribution is 7.71. The van der Waals surface area contributed by atoms with Gasteiger partial charge in [-0.05, 0) is 32.0 Å². The summed E-state index contributed by atoms with van der Waals surface area (Å²) in [6.07, 6.45) is 2.38. The van der Waals surface area contributed by atoms with Gasteiger partial charge in [0.1, 0.15) is 0 Å². The summed E-state index contributed by atoms with van der Waals surface area (Å²) in [7, 11) is 0. The van der Waals surface area contributed by atoms with Crippen LogP contribution in [0.2, 0.25) is 0 Å². The summed E-state index contributed by atoms with van der Waals surface area (Å²) >= 11 is 5.22. The zero-order valence-corrected chi connectivity index (χ0v) is 11.3. The summed E-state index contributed by atoms with van der Waals surface area (Å²) in [6.45, 7) is 7.81. The largest absolute Gasteiger partial charge is 0.376 e. The molecule has 17 heavy (non-hydrogen) atoms. The Morgan fingerprint density at radius 3 is 3.06 bits per heavy atom. The average Bonchev–Trinajstić information content (AvgIpc) is 2.58. The third-order valence-electron chi connectivity index (χ3n) is 3.14. The molecular weight excluding hydrogens is 236 g/mol. The predicted octanol–water partition coefficient (Wildman–Crippen LogP) is 1.97. The molecule has 1 aromatic rings. The number of hydrogen-bond donors (Lipinski definition) is 1. The van der Waals surface area contributed by atoms with Gasteiger partial charge in [-0.1, -0.05) is 6.92 Å². The van der Waals surface area contributed by atoms with Gasteiger partial charge in [-0.2, -0.15) is 0 Å². The first-order chi connectivity index (χ1) is 8.26. The molecule has 1 N–H and O–H groups in total. The zero-order valence-electron chi connectivity index (χ0n) is 10.5. The minimum Gasteiger partial charge on any atom is -0.376 e. The molecule has 5 nitrogen and oxygen atoms in total. The van der Waals surface area contributed by atoms with Crippen molar-refractivity contribution >= 4 is 18.2 Å². The number of aromatic amines is 1. The van der Waals surface area contributed by atoms with Crippen LogP contribution in [0.4, 0.5) is 5.95 Å². The van der Waals surface area contributed by atoms with E-state index in [1.54, 1.807) is 0 Å². The Labute approximate surface area is 107 Å². The summed E-state index contributed by atoms with van der Waals surface area (Å²) in [5.41, 5.74) is 0. The van der Waals surface area contributed by atoms with Gasteiger partial charge in [0.2, 0.25) is 5.95 Å². The van der Waals surface area contributed by atoms with Crippen LogP contribution in [0.3, 0.4) is 0 Å². The van der Waals surface area contributed by atoms with Crippen LogP contribution in [0, 0.1) is 4.77 Å². The molecule has 0 saturated carbocycles. The summed E-state index contributed by atoms with van der Waals surface area (Å²) in [6, 6.07) is 0. The molecule has 1 fully saturated rings. The Bertz CT molecular complexity index is 414. The standard InChI is InChI=1S/C11H20N4OS/c1-3-9-8-14(6-5-7-16-9)10-12-13-11(17)15(10)4-2/h9H,3-8H2,1-2H3,(H,13,17). The molecule has 6 heteroatoms. The highest BCUT2D eigenvalue weighted by atomic mass is 32.1. The second-order valence-corrected chi connectivity index (χ2v) is 4.66. The maximum Gasteiger partial charge on any atom is 0.225 e. The van der Waals surface area contributed by atoms with Gasteiger partial charge < -0.3 is 9.64 Å². The lowest BCUT2D eigenvalue weighted by Gasteiger charge is -2.24. The van der Waals surface area contributed by atoms with Crippen molar-refractivity contribution in [3.05, 3.63) is 4.77 Å². The lowest BCUT2D eigenvalue weighted by Crippen LogP contribution is -2.33. The highest BCUT2D eigenvalue weighted by Crippen LogP contribution is 2.16. The molecule has 1 saturated heterocycles. The molecule has 0 amide bonds. The number of hydrogen-bond acceptors (Lipinski definition) is 4. The van der Waals surface area contributed by atoms with Crippen LogP contribution in [0.5, 0.6) is 0 Å². The Kier molecular flexibility index (Phi) is 4.17. The molecule has 1 aromatic heterocycles. The van der Waals surface area contributed by atoms with E-state index in [9.17, 15) is 0 Å². The summed E-state index contributed by atoms with van der Waals surface area (Å²) < 4.78 is 8.50. The van der Waals surface area contributed by atoms with E-state index in [0.29, 0.717) is 10.9 Å². The number of aromatic nitrogens is 3. The van der Waals surface area contributed by atoms with Crippen LogP contribution < -0.4 is 4.90 Å². The fourth-order valence-corrected chi connectivity index (χ4v) is 2.42. The minimum absolute atomic E-state index is 0.299. The Hall–Kier alpha value is -0.880. The van der Waals surface area contributed by atoms with E-state index < -0.39 is 0 Å². The molecule has 1 aliphatic rings. The molecule has 96 valence electrons. The lowest BCUT2D eigenvalue weighted by atomic mass is 10.2. The molecule has 0 bridgehead atoms. The van der Waals surface area contributed by atoms with Crippen molar-refractivity contribution < 1.29 is 4.74 Å². The van der Waals surface area contributed by atoms with Crippen LogP contribution in [-0.4, -0.2) is 40.6 Å². The third-order valence-corrected chi connectivity index (χ3v) is 3.45. The monoisotopic (exact) mass is 256 g/mol. The maximum atomic E-state index is 5.77. The molecule has 1 unspecified atom stereocenters. The number of rotatable bonds is 3. The first kappa shape index (κ1) is 12.6. The number of nitrogens with zero attached hydrogens (tertiary/aromatic N) is 3. The van der Waals surface area contributed by atoms with E-state index in [2.05, 4.69) is 28.9 Å². The number of H-pyrrole nitrogens is 1. The number of anilines is 1. The Balaban J connectivity index is 2.22. The molecule has 1 atom stereocenters. The number of nitrogens with one attached hydrogen (secondary N) is 1. The van der Waals surface area contributed by atoms with Crippen molar-refractivity contribution in [3.63, 3.8) is 0 Å². The number of ether oxygens (including phenoxy) is 1. The normalized spacial score (nSPS) is 21.5. The van der Waals surface area contributed by atoms with E-state index in [0.717, 1.165) is 45.0 Å². The fourth-order valence-electron chi connectivity index (χ4n) is 2.16. The van der Waals surface area contributed by atoms with Gasteiger partial charge in [0.25, 0.3) is 0 Å². The highest BCUT2D eigenvalue weighted by Gasteiger charge is 2.21. The van der Waals surface area contributed by atoms with Crippen molar-refractivity contribution in [3.8, 4) is 0 Å². The van der Waals surface area contributed by atoms with Crippen LogP contribution in [0.25, 0.3) is 0 Å². The SMILES string of the molecule is CCC1CN(c2n[nH]c(=S)n2CC)CCCO1. The van der Waals surface area contributed by atoms with Crippen LogP contribution in [0.1, 0.15) is 26.7 Å². The average molecular weight is 256 g/mol. The molecule has 0 spiro atoms. The van der Waals surface area contributed by atoms with Crippen LogP contribution >= 0.6 is 12.2 Å². The second kappa shape index (κ2) is 5.64. The van der Waals surface area contributed by atoms with Gasteiger partial charge >= 0.3 is 0 Å². The van der Waals surface area contributed by atoms with Crippen LogP contribution in [-0.2, 0) is 11.3 Å². The Morgan fingerprint density at radius 2 is 2.35 bits per heavy atom. The van der Waals surface area contributed by atoms with Crippen molar-refractivity contribution in [1.82, 2.24) is 14.8 Å². The first-order valence-electron chi connectivity index (χ1n) is 6.28. The van der Waals surface area contributed by atoms with E-state index in [4.69, 9.17) is 17.0 Å². The summed E-state index contributed by atoms with van der Waals surface area (Å²) in [4.78, 5) is 2.27. The predicted molar refractivity (Wildman–Crippen MR) is 69.9 cm³/mol. The van der Waals surface area contributed by atoms with E-state index in [1.807, 2.05) is 4.57 Å². The molecule has 2 rings (SSSR count). The topological polar surface area (TPSA) is 46.1 Å². The van der Waals surface area contributed by atoms with Crippen LogP contribution in [0.15, 0.2) is 0 Å². The minimum atomic E-state index is 0.299. The van der Waals surface area contributed by atoms with E-state index in [-0.39, 0.29) is 0 Å². The van der Waals surface area contributed by atoms with E-state index >= 15 is 0 Å². The fraction of sp³-hybridized carbons (Fsp3) is 0.818. The molecule has 0 radical (unpaired) electrons. The van der Waals surface area contributed by atoms with Gasteiger partial charge in [0.05, 0.1) is 6.10 Å². The van der Waals surface area contributed by atoms with Crippen molar-refractivity contribution in [1.29, 1.82) is 0 Å². The summed E-state index contributed by atoms with van der Waals surface area (Å²) in [5, 5.41) is 7.21. The van der Waals surface area contributed by atoms with Crippen molar-refractivity contribution in [2.75, 3.05) is 24.6 Å². The van der Waals surface area contributed by atoms with Gasteiger partial charge in [-0.25, -0.2) is 5.10 Å². The van der Waals surface area contributed by atoms with Gasteiger partial charge in [-0.15, -0.1) is 5.10 Å². The molecule has 2 heterocycles. The molecule has 1 aliphatic heterocycles. The zero-order chi connectivity index (χ0) is 12.3. The maximum absolute atomic E-state index is 5.77. The van der Waals surface area contributed by atoms with E-state index in [1.165, 1.54) is 0 Å².